The van der Waals surface area contributed by atoms with Gasteiger partial charge in [0.05, 0.1) is 0 Å². The summed E-state index contributed by atoms with van der Waals surface area (Å²) in [6, 6.07) is 16.0. The van der Waals surface area contributed by atoms with Gasteiger partial charge in [-0.05, 0) is 16.7 Å². The molecule has 1 saturated heterocycles. The number of hydrogen-bond donors (Lipinski definition) is 0. The van der Waals surface area contributed by atoms with E-state index in [-0.39, 0.29) is 30.2 Å². The van der Waals surface area contributed by atoms with Crippen LogP contribution in [0, 0.1) is 5.92 Å². The van der Waals surface area contributed by atoms with Crippen LogP contribution in [0.3, 0.4) is 0 Å². The number of thioether (sulfide) groups is 1. The second-order valence-corrected chi connectivity index (χ2v) is 18.9. The summed E-state index contributed by atoms with van der Waals surface area (Å²) in [5.74, 6) is 0.789. The van der Waals surface area contributed by atoms with Crippen molar-refractivity contribution >= 4 is 25.9 Å². The molecule has 2 unspecified atom stereocenters. The predicted molar refractivity (Wildman–Crippen MR) is 154 cm³/mol. The largest absolute Gasteiger partial charge is 1.00 e. The van der Waals surface area contributed by atoms with Crippen LogP contribution in [0.15, 0.2) is 80.4 Å². The van der Waals surface area contributed by atoms with Crippen molar-refractivity contribution in [3.63, 3.8) is 0 Å². The summed E-state index contributed by atoms with van der Waals surface area (Å²) in [5, 5.41) is 3.60. The molecule has 0 saturated carbocycles. The number of benzene rings is 2. The van der Waals surface area contributed by atoms with Crippen LogP contribution in [-0.4, -0.2) is 8.07 Å². The second kappa shape index (κ2) is 11.5. The normalized spacial score (nSPS) is 21.8. The van der Waals surface area contributed by atoms with Crippen LogP contribution in [0.2, 0.25) is 13.1 Å². The third kappa shape index (κ3) is 5.43. The van der Waals surface area contributed by atoms with Crippen molar-refractivity contribution in [2.45, 2.75) is 69.6 Å². The standard InChI is InChI=1S/C22H25.C10H12SSi.2ClH.Zr/c1-5-7-16-14-18-8-6-9-20(21(18)15-16)17-10-12-19(13-11-17)22(2,3)4;1-6-10-9-7(11-6)4-5-8(9)12(10,2)3;;;/h6,8-15H,5,7H2,1-4H3;4-5,9H,1-3H3;2*1H;/q;;;;+2/p-2. The van der Waals surface area contributed by atoms with Gasteiger partial charge in [-0.25, -0.2) is 0 Å². The summed E-state index contributed by atoms with van der Waals surface area (Å²) in [5.41, 5.74) is 8.95. The zero-order valence-corrected chi connectivity index (χ0v) is 28.8. The molecule has 2 aliphatic heterocycles. The van der Waals surface area contributed by atoms with Crippen molar-refractivity contribution in [3.05, 3.63) is 97.1 Å². The van der Waals surface area contributed by atoms with E-state index in [2.05, 4.69) is 108 Å². The van der Waals surface area contributed by atoms with Gasteiger partial charge in [-0.2, -0.15) is 0 Å². The summed E-state index contributed by atoms with van der Waals surface area (Å²) in [6.07, 6.45) is 9.65. The molecule has 2 aromatic carbocycles. The van der Waals surface area contributed by atoms with E-state index in [1.54, 1.807) is 45.3 Å². The SMILES string of the molecule is CC1=C2C3C(=CC=C3[Si]2(C)C)S1.CCCC1=Cc2c(-c3ccc(C(C)(C)C)cc3)cccc2[CH]1[Zr+2].[Cl-].[Cl-]. The van der Waals surface area contributed by atoms with Crippen molar-refractivity contribution < 1.29 is 49.5 Å². The Balaban J connectivity index is 0.000000229. The van der Waals surface area contributed by atoms with E-state index in [0.29, 0.717) is 3.63 Å². The minimum atomic E-state index is -1.06. The summed E-state index contributed by atoms with van der Waals surface area (Å²) in [4.78, 5) is 3.21. The molecule has 193 valence electrons. The van der Waals surface area contributed by atoms with Crippen molar-refractivity contribution in [3.8, 4) is 11.1 Å². The molecular weight excluding hydrogens is 607 g/mol. The molecule has 2 atom stereocenters. The first-order valence-electron chi connectivity index (χ1n) is 13.0. The zero-order chi connectivity index (χ0) is 25.1. The van der Waals surface area contributed by atoms with Gasteiger partial charge in [0.1, 0.15) is 8.07 Å². The number of fused-ring (bicyclic) bond motifs is 1. The quantitative estimate of drug-likeness (QED) is 0.460. The van der Waals surface area contributed by atoms with Gasteiger partial charge in [0.2, 0.25) is 0 Å². The topological polar surface area (TPSA) is 0 Å². The van der Waals surface area contributed by atoms with Crippen molar-refractivity contribution in [1.29, 1.82) is 0 Å². The molecule has 5 heteroatoms. The average Bonchev–Trinajstić information content (AvgIpc) is 3.43. The number of allylic oxidation sites excluding steroid dienone is 7. The molecule has 0 radical (unpaired) electrons. The van der Waals surface area contributed by atoms with Crippen molar-refractivity contribution in [2.24, 2.45) is 5.92 Å². The van der Waals surface area contributed by atoms with Crippen LogP contribution in [0.5, 0.6) is 0 Å². The maximum absolute atomic E-state index is 2.48. The van der Waals surface area contributed by atoms with Crippen LogP contribution in [0.4, 0.5) is 0 Å². The van der Waals surface area contributed by atoms with Gasteiger partial charge in [-0.3, -0.25) is 0 Å². The van der Waals surface area contributed by atoms with E-state index in [4.69, 9.17) is 0 Å². The third-order valence-corrected chi connectivity index (χ3v) is 15.0. The molecule has 0 spiro atoms. The Morgan fingerprint density at radius 2 is 1.65 bits per heavy atom. The first-order valence-corrected chi connectivity index (χ1v) is 18.2. The monoisotopic (exact) mass is 641 g/mol. The van der Waals surface area contributed by atoms with Crippen LogP contribution in [-0.2, 0) is 30.1 Å². The van der Waals surface area contributed by atoms with Crippen LogP contribution >= 0.6 is 11.8 Å². The fourth-order valence-electron chi connectivity index (χ4n) is 6.16. The Labute approximate surface area is 257 Å². The molecule has 2 aliphatic carbocycles. The van der Waals surface area contributed by atoms with Crippen molar-refractivity contribution in [1.82, 2.24) is 0 Å². The fraction of sp³-hybridized carbons (Fsp3) is 0.375. The van der Waals surface area contributed by atoms with Crippen LogP contribution < -0.4 is 24.8 Å². The van der Waals surface area contributed by atoms with E-state index >= 15 is 0 Å². The molecule has 0 N–H and O–H groups in total. The summed E-state index contributed by atoms with van der Waals surface area (Å²) in [6.45, 7) is 16.4. The third-order valence-electron chi connectivity index (χ3n) is 8.11. The molecular formula is C32H37Cl2SSiZr. The Morgan fingerprint density at radius 1 is 0.973 bits per heavy atom. The maximum atomic E-state index is 2.48. The average molecular weight is 644 g/mol. The molecule has 1 fully saturated rings. The van der Waals surface area contributed by atoms with E-state index in [9.17, 15) is 0 Å². The van der Waals surface area contributed by atoms with Gasteiger partial charge in [-0.15, -0.1) is 0 Å². The maximum Gasteiger partial charge on any atom is -1.00 e. The molecule has 0 amide bonds. The minimum Gasteiger partial charge on any atom is -1.00 e. The number of hydrogen-bond acceptors (Lipinski definition) is 1. The van der Waals surface area contributed by atoms with Gasteiger partial charge >= 0.3 is 156 Å². The van der Waals surface area contributed by atoms with E-state index in [1.807, 2.05) is 17.0 Å². The molecule has 4 aliphatic rings. The minimum absolute atomic E-state index is 0. The molecule has 2 heterocycles. The second-order valence-electron chi connectivity index (χ2n) is 11.9. The Morgan fingerprint density at radius 3 is 2.27 bits per heavy atom. The Hall–Kier alpha value is -0.570. The molecule has 2 aromatic rings. The molecule has 0 bridgehead atoms. The summed E-state index contributed by atoms with van der Waals surface area (Å²) in [7, 11) is -1.06. The van der Waals surface area contributed by atoms with Gasteiger partial charge in [0.15, 0.2) is 0 Å². The molecule has 6 rings (SSSR count). The van der Waals surface area contributed by atoms with Gasteiger partial charge in [0, 0.05) is 5.92 Å². The van der Waals surface area contributed by atoms with E-state index in [1.165, 1.54) is 40.7 Å². The van der Waals surface area contributed by atoms with Crippen LogP contribution in [0.25, 0.3) is 17.2 Å². The Kier molecular flexibility index (Phi) is 9.62. The van der Waals surface area contributed by atoms with E-state index in [0.717, 1.165) is 5.92 Å². The number of halogens is 2. The molecule has 0 nitrogen and oxygen atoms in total. The molecule has 37 heavy (non-hydrogen) atoms. The van der Waals surface area contributed by atoms with E-state index < -0.39 is 8.07 Å². The smallest absolute Gasteiger partial charge is 1.00 e. The first-order chi connectivity index (χ1) is 16.5. The van der Waals surface area contributed by atoms with Crippen molar-refractivity contribution in [2.75, 3.05) is 0 Å². The predicted octanol–water partition coefficient (Wildman–Crippen LogP) is 3.69. The van der Waals surface area contributed by atoms with Gasteiger partial charge < -0.3 is 24.8 Å². The fourth-order valence-corrected chi connectivity index (χ4v) is 13.1. The van der Waals surface area contributed by atoms with Gasteiger partial charge in [-0.1, -0.05) is 47.4 Å². The Bertz CT molecular complexity index is 1310. The zero-order valence-electron chi connectivity index (χ0n) is 23.0. The summed E-state index contributed by atoms with van der Waals surface area (Å²) < 4.78 is 0.658. The number of rotatable bonds is 3. The van der Waals surface area contributed by atoms with Crippen LogP contribution in [0.1, 0.15) is 67.8 Å². The van der Waals surface area contributed by atoms with Gasteiger partial charge in [0.25, 0.3) is 0 Å². The first kappa shape index (κ1) is 31.0. The summed E-state index contributed by atoms with van der Waals surface area (Å²) >= 11 is 3.62. The molecule has 0 aromatic heterocycles.